The molecule has 0 radical (unpaired) electrons. The van der Waals surface area contributed by atoms with Crippen LogP contribution in [0.4, 0.5) is 17.1 Å². The fraction of sp³-hybridized carbons (Fsp3) is 0.0476. The topological polar surface area (TPSA) is 41.3 Å². The molecule has 314 valence electrons. The van der Waals surface area contributed by atoms with Crippen molar-refractivity contribution in [2.24, 2.45) is 5.73 Å². The van der Waals surface area contributed by atoms with E-state index in [1.807, 2.05) is 6.07 Å². The van der Waals surface area contributed by atoms with E-state index in [0.29, 0.717) is 6.54 Å². The third-order valence-corrected chi connectivity index (χ3v) is 13.8. The molecule has 0 saturated heterocycles. The van der Waals surface area contributed by atoms with Gasteiger partial charge in [0.05, 0.1) is 22.8 Å². The quantitative estimate of drug-likeness (QED) is 0.160. The fourth-order valence-electron chi connectivity index (χ4n) is 10.7. The normalized spacial score (nSPS) is 15.8. The van der Waals surface area contributed by atoms with Crippen molar-refractivity contribution in [3.63, 3.8) is 0 Å². The van der Waals surface area contributed by atoms with E-state index in [4.69, 9.17) is 5.73 Å². The summed E-state index contributed by atoms with van der Waals surface area (Å²) in [6.07, 6.45) is 8.49. The molecule has 0 bridgehead atoms. The number of anilines is 3. The van der Waals surface area contributed by atoms with E-state index in [9.17, 15) is 0 Å². The summed E-state index contributed by atoms with van der Waals surface area (Å²) in [6, 6.07) is 81.9. The van der Waals surface area contributed by atoms with Gasteiger partial charge >= 0.3 is 0 Å². The van der Waals surface area contributed by atoms with Crippen LogP contribution >= 0.6 is 0 Å². The molecule has 12 rings (SSSR count). The van der Waals surface area contributed by atoms with Gasteiger partial charge in [0.1, 0.15) is 0 Å². The van der Waals surface area contributed by atoms with E-state index in [-0.39, 0.29) is 6.04 Å². The van der Waals surface area contributed by atoms with Crippen LogP contribution in [0.25, 0.3) is 50.2 Å². The van der Waals surface area contributed by atoms with E-state index in [0.717, 1.165) is 22.5 Å². The Morgan fingerprint density at radius 1 is 0.455 bits per heavy atom. The monoisotopic (exact) mass is 845 g/mol. The Labute approximate surface area is 387 Å². The number of fused-ring (bicyclic) bond motifs is 9. The minimum Gasteiger partial charge on any atom is -0.398 e. The largest absolute Gasteiger partial charge is 0.398 e. The van der Waals surface area contributed by atoms with Crippen LogP contribution in [-0.4, -0.2) is 6.04 Å². The van der Waals surface area contributed by atoms with Gasteiger partial charge in [-0.1, -0.05) is 206 Å². The molecule has 1 aliphatic heterocycles. The van der Waals surface area contributed by atoms with Crippen molar-refractivity contribution in [3.05, 3.63) is 288 Å². The number of rotatable bonds is 8. The van der Waals surface area contributed by atoms with Crippen LogP contribution in [0.3, 0.4) is 0 Å². The summed E-state index contributed by atoms with van der Waals surface area (Å²) in [5.41, 5.74) is 29.0. The van der Waals surface area contributed by atoms with Crippen LogP contribution in [0.5, 0.6) is 0 Å². The maximum Gasteiger partial charge on any atom is 0.0754 e. The second kappa shape index (κ2) is 16.4. The maximum absolute atomic E-state index is 6.90. The van der Waals surface area contributed by atoms with E-state index >= 15 is 0 Å². The summed E-state index contributed by atoms with van der Waals surface area (Å²) in [5, 5.41) is 3.80. The third kappa shape index (κ3) is 6.55. The highest BCUT2D eigenvalue weighted by Crippen LogP contribution is 2.63. The molecule has 3 heteroatoms. The molecule has 0 saturated carbocycles. The molecule has 3 nitrogen and oxygen atoms in total. The summed E-state index contributed by atoms with van der Waals surface area (Å²) in [4.78, 5) is 2.44. The number of nitrogens with zero attached hydrogens (tertiary/aromatic N) is 1. The van der Waals surface area contributed by atoms with Crippen LogP contribution in [0.2, 0.25) is 0 Å². The predicted molar refractivity (Wildman–Crippen MR) is 275 cm³/mol. The van der Waals surface area contributed by atoms with Gasteiger partial charge in [-0.05, 0) is 126 Å². The van der Waals surface area contributed by atoms with Gasteiger partial charge in [-0.25, -0.2) is 0 Å². The second-order valence-corrected chi connectivity index (χ2v) is 17.5. The van der Waals surface area contributed by atoms with Gasteiger partial charge in [0.25, 0.3) is 0 Å². The van der Waals surface area contributed by atoms with Gasteiger partial charge in [-0.3, -0.25) is 0 Å². The van der Waals surface area contributed by atoms with Gasteiger partial charge in [0.2, 0.25) is 0 Å². The van der Waals surface area contributed by atoms with Crippen LogP contribution in [0, 0.1) is 0 Å². The summed E-state index contributed by atoms with van der Waals surface area (Å²) in [5.74, 6) is 0. The van der Waals surface area contributed by atoms with Crippen molar-refractivity contribution in [2.45, 2.75) is 18.0 Å². The van der Waals surface area contributed by atoms with Gasteiger partial charge in [-0.2, -0.15) is 0 Å². The van der Waals surface area contributed by atoms with Crippen molar-refractivity contribution in [3.8, 4) is 44.5 Å². The first-order valence-corrected chi connectivity index (χ1v) is 22.9. The molecule has 1 heterocycles. The zero-order valence-corrected chi connectivity index (χ0v) is 36.5. The molecule has 1 atom stereocenters. The van der Waals surface area contributed by atoms with Gasteiger partial charge < -0.3 is 16.0 Å². The highest BCUT2D eigenvalue weighted by Gasteiger charge is 2.51. The number of benzene rings is 9. The molecule has 0 aromatic heterocycles. The predicted octanol–water partition coefficient (Wildman–Crippen LogP) is 14.8. The molecule has 3 N–H and O–H groups in total. The van der Waals surface area contributed by atoms with E-state index in [2.05, 4.69) is 253 Å². The molecule has 66 heavy (non-hydrogen) atoms. The maximum atomic E-state index is 6.90. The minimum atomic E-state index is -0.505. The molecule has 3 aliphatic rings. The van der Waals surface area contributed by atoms with Crippen LogP contribution < -0.4 is 16.0 Å². The fourth-order valence-corrected chi connectivity index (χ4v) is 10.7. The van der Waals surface area contributed by atoms with Crippen molar-refractivity contribution in [1.29, 1.82) is 0 Å². The lowest BCUT2D eigenvalue weighted by Gasteiger charge is -2.45. The summed E-state index contributed by atoms with van der Waals surface area (Å²) < 4.78 is 0. The van der Waals surface area contributed by atoms with E-state index < -0.39 is 5.41 Å². The number of allylic oxidation sites excluding steroid dienone is 2. The van der Waals surface area contributed by atoms with Crippen molar-refractivity contribution >= 4 is 22.8 Å². The summed E-state index contributed by atoms with van der Waals surface area (Å²) >= 11 is 0. The van der Waals surface area contributed by atoms with E-state index in [1.54, 1.807) is 0 Å². The number of para-hydroxylation sites is 3. The van der Waals surface area contributed by atoms with Crippen LogP contribution in [0.15, 0.2) is 254 Å². The highest BCUT2D eigenvalue weighted by molar-refractivity contribution is 5.96. The summed E-state index contributed by atoms with van der Waals surface area (Å²) in [6.45, 7) is 0.693. The van der Waals surface area contributed by atoms with E-state index in [1.165, 1.54) is 83.7 Å². The van der Waals surface area contributed by atoms with Crippen LogP contribution in [-0.2, 0) is 12.0 Å². The Balaban J connectivity index is 0.868. The first-order chi connectivity index (χ1) is 32.6. The Bertz CT molecular complexity index is 3330. The van der Waals surface area contributed by atoms with Gasteiger partial charge in [-0.15, -0.1) is 0 Å². The molecule has 2 aliphatic carbocycles. The van der Waals surface area contributed by atoms with Crippen molar-refractivity contribution in [1.82, 2.24) is 5.32 Å². The zero-order chi connectivity index (χ0) is 44.0. The molecule has 0 fully saturated rings. The van der Waals surface area contributed by atoms with Gasteiger partial charge in [0.15, 0.2) is 0 Å². The number of hydrogen-bond acceptors (Lipinski definition) is 3. The summed E-state index contributed by atoms with van der Waals surface area (Å²) in [7, 11) is 0. The SMILES string of the molecule is N/C(=C1/C=CC=CC1NCc1cccc(-c2cccc(-c3ccc4c(c3)C3(c5ccccc5-4)c4ccccc4N(c4ccccc4)c4ccccc43)c2)c1)c1ccc(-c2ccccc2)cc1. The number of nitrogens with two attached hydrogens (primary N) is 1. The highest BCUT2D eigenvalue weighted by atomic mass is 15.2. The Hall–Kier alpha value is -8.24. The molecular formula is C63H47N3. The van der Waals surface area contributed by atoms with Crippen LogP contribution in [0.1, 0.15) is 33.4 Å². The Morgan fingerprint density at radius 3 is 1.73 bits per heavy atom. The van der Waals surface area contributed by atoms with Crippen molar-refractivity contribution in [2.75, 3.05) is 4.90 Å². The Kier molecular flexibility index (Phi) is 9.78. The molecule has 1 spiro atoms. The second-order valence-electron chi connectivity index (χ2n) is 17.5. The lowest BCUT2D eigenvalue weighted by atomic mass is 9.64. The number of nitrogens with one attached hydrogen (secondary N) is 1. The third-order valence-electron chi connectivity index (χ3n) is 13.8. The molecule has 0 amide bonds. The Morgan fingerprint density at radius 2 is 1.00 bits per heavy atom. The minimum absolute atomic E-state index is 0.0190. The molecule has 1 unspecified atom stereocenters. The zero-order valence-electron chi connectivity index (χ0n) is 36.5. The molecule has 9 aromatic carbocycles. The standard InChI is InChI=1S/C63H47N3/c64-62(46-35-33-45(34-36-46)44-18-3-1-4-19-44)54-26-8-12-30-59(54)65-42-43-17-15-20-47(39-43)48-21-16-22-49(40-48)50-37-38-53-52-25-7-9-27-55(52)63(58(53)41-50)56-28-10-13-31-60(56)66(51-23-5-2-6-24-51)61-32-14-11-29-57(61)63/h1-41,59,65H,42,64H2/b62-54-. The molecular weight excluding hydrogens is 799 g/mol. The molecule has 9 aromatic rings. The first-order valence-electron chi connectivity index (χ1n) is 22.9. The van der Waals surface area contributed by atoms with Crippen molar-refractivity contribution < 1.29 is 0 Å². The average molecular weight is 846 g/mol. The number of hydrogen-bond donors (Lipinski definition) is 2. The lowest BCUT2D eigenvalue weighted by Crippen LogP contribution is -2.36. The lowest BCUT2D eigenvalue weighted by molar-refractivity contribution is 0.658. The first kappa shape index (κ1) is 39.4. The smallest absolute Gasteiger partial charge is 0.0754 e. The van der Waals surface area contributed by atoms with Gasteiger partial charge in [0, 0.05) is 17.9 Å². The average Bonchev–Trinajstić information content (AvgIpc) is 3.68.